The number of hydrogen-bond donors (Lipinski definition) is 1. The predicted octanol–water partition coefficient (Wildman–Crippen LogP) is 4.00. The second kappa shape index (κ2) is 8.69. The molecule has 0 fully saturated rings. The van der Waals surface area contributed by atoms with Crippen LogP contribution in [0.4, 0.5) is 0 Å². The van der Waals surface area contributed by atoms with Gasteiger partial charge in [0.25, 0.3) is 0 Å². The normalized spacial score (nSPS) is 16.9. The van der Waals surface area contributed by atoms with Crippen LogP contribution >= 0.6 is 19.3 Å². The summed E-state index contributed by atoms with van der Waals surface area (Å²) in [6, 6.07) is 2.28. The summed E-state index contributed by atoms with van der Waals surface area (Å²) in [5.74, 6) is 0. The topological polar surface area (TPSA) is 15.3 Å². The lowest BCUT2D eigenvalue weighted by Gasteiger charge is -2.31. The van der Waals surface area contributed by atoms with Gasteiger partial charge in [-0.05, 0) is 40.5 Å². The first-order valence-corrected chi connectivity index (χ1v) is 8.25. The molecule has 0 aromatic carbocycles. The molecule has 0 amide bonds. The van der Waals surface area contributed by atoms with Gasteiger partial charge in [-0.2, -0.15) is 0 Å². The van der Waals surface area contributed by atoms with Crippen molar-refractivity contribution in [2.45, 2.75) is 78.6 Å². The third-order valence-corrected chi connectivity index (χ3v) is 4.50. The molecule has 0 aliphatic carbocycles. The molecule has 0 radical (unpaired) electrons. The number of nitrogens with zero attached hydrogens (tertiary/aromatic N) is 1. The van der Waals surface area contributed by atoms with Crippen LogP contribution in [0.25, 0.3) is 0 Å². The third-order valence-electron chi connectivity index (χ3n) is 2.76. The van der Waals surface area contributed by atoms with Gasteiger partial charge in [-0.3, -0.25) is 4.67 Å². The highest BCUT2D eigenvalue weighted by atomic mass is 35.7. The van der Waals surface area contributed by atoms with E-state index in [-0.39, 0.29) is 0 Å². The van der Waals surface area contributed by atoms with E-state index in [1.54, 1.807) is 0 Å². The molecule has 98 valence electrons. The molecule has 0 saturated carbocycles. The molecule has 0 rings (SSSR count). The molecule has 16 heavy (non-hydrogen) atoms. The minimum atomic E-state index is 0.394. The summed E-state index contributed by atoms with van der Waals surface area (Å²) in [6.07, 6.45) is 2.42. The highest BCUT2D eigenvalue weighted by molar-refractivity contribution is 7.66. The quantitative estimate of drug-likeness (QED) is 0.668. The van der Waals surface area contributed by atoms with Gasteiger partial charge in [-0.1, -0.05) is 25.1 Å². The van der Waals surface area contributed by atoms with Crippen molar-refractivity contribution in [2.24, 2.45) is 0 Å². The SMILES string of the molecule is CC(C)NC(C)CCC(C)N(PCl)C(C)C. The van der Waals surface area contributed by atoms with Crippen LogP contribution in [0.5, 0.6) is 0 Å². The van der Waals surface area contributed by atoms with Gasteiger partial charge in [0.05, 0.1) is 0 Å². The second-order valence-corrected chi connectivity index (χ2v) is 6.43. The molecular weight excluding hydrogens is 239 g/mol. The molecular formula is C12H28ClN2P. The van der Waals surface area contributed by atoms with Crippen LogP contribution in [0.15, 0.2) is 0 Å². The van der Waals surface area contributed by atoms with E-state index in [2.05, 4.69) is 51.5 Å². The average molecular weight is 267 g/mol. The smallest absolute Gasteiger partial charge is 0.0483 e. The Morgan fingerprint density at radius 1 is 1.06 bits per heavy atom. The van der Waals surface area contributed by atoms with Crippen LogP contribution in [0.2, 0.25) is 0 Å². The Morgan fingerprint density at radius 3 is 2.00 bits per heavy atom. The Bertz CT molecular complexity index is 176. The van der Waals surface area contributed by atoms with Crippen LogP contribution in [-0.4, -0.2) is 28.8 Å². The van der Waals surface area contributed by atoms with Crippen molar-refractivity contribution in [3.8, 4) is 0 Å². The number of halogens is 1. The maximum atomic E-state index is 6.00. The van der Waals surface area contributed by atoms with E-state index in [4.69, 9.17) is 11.2 Å². The fraction of sp³-hybridized carbons (Fsp3) is 1.00. The van der Waals surface area contributed by atoms with Crippen molar-refractivity contribution in [1.29, 1.82) is 0 Å². The predicted molar refractivity (Wildman–Crippen MR) is 77.6 cm³/mol. The molecule has 0 saturated heterocycles. The van der Waals surface area contributed by atoms with E-state index in [9.17, 15) is 0 Å². The van der Waals surface area contributed by atoms with Crippen molar-refractivity contribution in [3.63, 3.8) is 0 Å². The molecule has 1 N–H and O–H groups in total. The molecule has 0 aliphatic heterocycles. The maximum Gasteiger partial charge on any atom is 0.0483 e. The van der Waals surface area contributed by atoms with Gasteiger partial charge in [0.2, 0.25) is 0 Å². The second-order valence-electron chi connectivity index (χ2n) is 5.23. The van der Waals surface area contributed by atoms with E-state index >= 15 is 0 Å². The van der Waals surface area contributed by atoms with Crippen LogP contribution in [0, 0.1) is 0 Å². The largest absolute Gasteiger partial charge is 0.312 e. The summed E-state index contributed by atoms with van der Waals surface area (Å²) in [6.45, 7) is 13.3. The zero-order valence-corrected chi connectivity index (χ0v) is 13.3. The van der Waals surface area contributed by atoms with Crippen LogP contribution < -0.4 is 5.32 Å². The minimum Gasteiger partial charge on any atom is -0.312 e. The summed E-state index contributed by atoms with van der Waals surface area (Å²) in [5.41, 5.74) is 0. The Hall–Kier alpha value is 0.640. The Morgan fingerprint density at radius 2 is 1.62 bits per heavy atom. The van der Waals surface area contributed by atoms with E-state index in [0.29, 0.717) is 32.3 Å². The van der Waals surface area contributed by atoms with Gasteiger partial charge in [0, 0.05) is 32.3 Å². The number of nitrogens with one attached hydrogen (secondary N) is 1. The molecule has 0 aliphatic rings. The van der Waals surface area contributed by atoms with Gasteiger partial charge in [-0.15, -0.1) is 0 Å². The Kier molecular flexibility index (Phi) is 9.04. The first-order valence-electron chi connectivity index (χ1n) is 6.29. The zero-order valence-electron chi connectivity index (χ0n) is 11.5. The van der Waals surface area contributed by atoms with Gasteiger partial charge < -0.3 is 5.32 Å². The Balaban J connectivity index is 3.90. The first-order chi connectivity index (χ1) is 7.38. The molecule has 0 aromatic heterocycles. The van der Waals surface area contributed by atoms with E-state index in [0.717, 1.165) is 0 Å². The fourth-order valence-electron chi connectivity index (χ4n) is 1.97. The highest BCUT2D eigenvalue weighted by Crippen LogP contribution is 2.30. The van der Waals surface area contributed by atoms with Gasteiger partial charge in [0.15, 0.2) is 0 Å². The summed E-state index contributed by atoms with van der Waals surface area (Å²) in [4.78, 5) is 0. The summed E-state index contributed by atoms with van der Waals surface area (Å²) in [7, 11) is 0.394. The molecule has 0 spiro atoms. The highest BCUT2D eigenvalue weighted by Gasteiger charge is 2.17. The minimum absolute atomic E-state index is 0.394. The first kappa shape index (κ1) is 16.6. The van der Waals surface area contributed by atoms with Crippen molar-refractivity contribution in [2.75, 3.05) is 0 Å². The molecule has 0 aromatic rings. The number of hydrogen-bond acceptors (Lipinski definition) is 2. The summed E-state index contributed by atoms with van der Waals surface area (Å²) < 4.78 is 2.36. The molecule has 2 nitrogen and oxygen atoms in total. The van der Waals surface area contributed by atoms with Crippen LogP contribution in [-0.2, 0) is 0 Å². The van der Waals surface area contributed by atoms with Gasteiger partial charge in [0.1, 0.15) is 0 Å². The standard InChI is InChI=1S/C12H28ClN2P/c1-9(2)14-11(5)7-8-12(6)15(16-13)10(3)4/h9-12,14,16H,7-8H2,1-6H3. The molecule has 3 unspecified atom stereocenters. The Labute approximate surface area is 108 Å². The fourth-order valence-corrected chi connectivity index (χ4v) is 3.55. The number of rotatable bonds is 8. The lowest BCUT2D eigenvalue weighted by molar-refractivity contribution is 0.285. The van der Waals surface area contributed by atoms with Gasteiger partial charge >= 0.3 is 0 Å². The van der Waals surface area contributed by atoms with Gasteiger partial charge in [-0.25, -0.2) is 0 Å². The molecule has 4 heteroatoms. The zero-order chi connectivity index (χ0) is 12.7. The van der Waals surface area contributed by atoms with Crippen molar-refractivity contribution < 1.29 is 0 Å². The van der Waals surface area contributed by atoms with Crippen LogP contribution in [0.3, 0.4) is 0 Å². The van der Waals surface area contributed by atoms with E-state index in [1.165, 1.54) is 12.8 Å². The van der Waals surface area contributed by atoms with Crippen molar-refractivity contribution in [1.82, 2.24) is 9.99 Å². The summed E-state index contributed by atoms with van der Waals surface area (Å²) in [5, 5.41) is 3.53. The average Bonchev–Trinajstić information content (AvgIpc) is 2.14. The molecule has 0 bridgehead atoms. The molecule has 0 heterocycles. The monoisotopic (exact) mass is 266 g/mol. The van der Waals surface area contributed by atoms with E-state index in [1.807, 2.05) is 0 Å². The lowest BCUT2D eigenvalue weighted by Crippen LogP contribution is -2.35. The van der Waals surface area contributed by atoms with Crippen molar-refractivity contribution >= 4 is 19.3 Å². The third kappa shape index (κ3) is 7.06. The van der Waals surface area contributed by atoms with Crippen molar-refractivity contribution in [3.05, 3.63) is 0 Å². The van der Waals surface area contributed by atoms with E-state index < -0.39 is 0 Å². The maximum absolute atomic E-state index is 6.00. The molecule has 3 atom stereocenters. The summed E-state index contributed by atoms with van der Waals surface area (Å²) >= 11 is 6.00. The lowest BCUT2D eigenvalue weighted by atomic mass is 10.1. The van der Waals surface area contributed by atoms with Crippen LogP contribution in [0.1, 0.15) is 54.4 Å².